The maximum absolute atomic E-state index is 10.9. The fourth-order valence-corrected chi connectivity index (χ4v) is 2.25. The number of hydrogen-bond acceptors (Lipinski definition) is 5. The van der Waals surface area contributed by atoms with Gasteiger partial charge in [-0.25, -0.2) is 9.97 Å². The summed E-state index contributed by atoms with van der Waals surface area (Å²) in [5.74, 6) is 0.484. The number of carboxylic acids is 1. The Hall–Kier alpha value is -1.85. The lowest BCUT2D eigenvalue weighted by molar-refractivity contribution is -0.140. The molecule has 104 valence electrons. The zero-order valence-electron chi connectivity index (χ0n) is 11.4. The molecule has 1 fully saturated rings. The Balaban J connectivity index is 2.07. The summed E-state index contributed by atoms with van der Waals surface area (Å²) in [5, 5.41) is 8.94. The van der Waals surface area contributed by atoms with Gasteiger partial charge in [0.15, 0.2) is 0 Å². The number of nitrogens with zero attached hydrogens (tertiary/aromatic N) is 4. The molecule has 0 aromatic carbocycles. The quantitative estimate of drug-likeness (QED) is 0.862. The first-order valence-electron chi connectivity index (χ1n) is 6.59. The third-order valence-corrected chi connectivity index (χ3v) is 3.43. The van der Waals surface area contributed by atoms with Crippen molar-refractivity contribution in [3.05, 3.63) is 12.4 Å². The van der Waals surface area contributed by atoms with Gasteiger partial charge in [0.25, 0.3) is 0 Å². The van der Waals surface area contributed by atoms with Gasteiger partial charge in [0.05, 0.1) is 5.92 Å². The lowest BCUT2D eigenvalue weighted by Crippen LogP contribution is -2.29. The van der Waals surface area contributed by atoms with Crippen LogP contribution in [-0.2, 0) is 4.79 Å². The summed E-state index contributed by atoms with van der Waals surface area (Å²) < 4.78 is 0. The van der Waals surface area contributed by atoms with Crippen LogP contribution in [0.5, 0.6) is 0 Å². The summed E-state index contributed by atoms with van der Waals surface area (Å²) >= 11 is 0. The van der Waals surface area contributed by atoms with Crippen LogP contribution >= 0.6 is 0 Å². The number of carbonyl (C=O) groups is 1. The molecule has 1 saturated heterocycles. The molecule has 0 spiro atoms. The highest BCUT2D eigenvalue weighted by Crippen LogP contribution is 2.21. The van der Waals surface area contributed by atoms with Gasteiger partial charge in [-0.2, -0.15) is 0 Å². The number of carboxylic acid groups (broad SMARTS) is 1. The molecule has 0 bridgehead atoms. The van der Waals surface area contributed by atoms with E-state index in [1.165, 1.54) is 12.8 Å². The van der Waals surface area contributed by atoms with Crippen molar-refractivity contribution in [3.8, 4) is 0 Å². The van der Waals surface area contributed by atoms with Crippen molar-refractivity contribution in [2.45, 2.75) is 19.8 Å². The highest BCUT2D eigenvalue weighted by Gasteiger charge is 2.17. The maximum Gasteiger partial charge on any atom is 0.308 e. The highest BCUT2D eigenvalue weighted by atomic mass is 16.4. The Kier molecular flexibility index (Phi) is 4.19. The van der Waals surface area contributed by atoms with E-state index in [2.05, 4.69) is 14.9 Å². The summed E-state index contributed by atoms with van der Waals surface area (Å²) in [4.78, 5) is 23.5. The smallest absolute Gasteiger partial charge is 0.308 e. The van der Waals surface area contributed by atoms with Gasteiger partial charge >= 0.3 is 5.97 Å². The minimum atomic E-state index is -0.791. The molecule has 2 rings (SSSR count). The van der Waals surface area contributed by atoms with Gasteiger partial charge < -0.3 is 14.9 Å². The third-order valence-electron chi connectivity index (χ3n) is 3.43. The van der Waals surface area contributed by atoms with E-state index in [4.69, 9.17) is 5.11 Å². The fraction of sp³-hybridized carbons (Fsp3) is 0.615. The van der Waals surface area contributed by atoms with E-state index in [0.717, 1.165) is 24.7 Å². The molecular weight excluding hydrogens is 244 g/mol. The van der Waals surface area contributed by atoms with Gasteiger partial charge in [0, 0.05) is 32.7 Å². The van der Waals surface area contributed by atoms with Gasteiger partial charge in [0.2, 0.25) is 0 Å². The molecule has 0 aliphatic carbocycles. The number of aliphatic carboxylic acids is 1. The van der Waals surface area contributed by atoms with Crippen LogP contribution in [0.4, 0.5) is 11.6 Å². The van der Waals surface area contributed by atoms with Gasteiger partial charge in [0.1, 0.15) is 18.0 Å². The fourth-order valence-electron chi connectivity index (χ4n) is 2.25. The van der Waals surface area contributed by atoms with Crippen LogP contribution in [0.3, 0.4) is 0 Å². The Morgan fingerprint density at radius 1 is 1.47 bits per heavy atom. The zero-order chi connectivity index (χ0) is 13.8. The first-order valence-corrected chi connectivity index (χ1v) is 6.59. The van der Waals surface area contributed by atoms with E-state index >= 15 is 0 Å². The van der Waals surface area contributed by atoms with Crippen molar-refractivity contribution in [2.24, 2.45) is 5.92 Å². The molecule has 1 aromatic heterocycles. The van der Waals surface area contributed by atoms with E-state index in [9.17, 15) is 4.79 Å². The molecule has 1 atom stereocenters. The topological polar surface area (TPSA) is 69.6 Å². The molecule has 2 heterocycles. The molecule has 0 radical (unpaired) electrons. The molecule has 0 saturated carbocycles. The molecule has 1 N–H and O–H groups in total. The predicted octanol–water partition coefficient (Wildman–Crippen LogP) is 1.23. The lowest BCUT2D eigenvalue weighted by atomic mass is 10.2. The number of anilines is 2. The van der Waals surface area contributed by atoms with E-state index < -0.39 is 11.9 Å². The van der Waals surface area contributed by atoms with Gasteiger partial charge in [-0.05, 0) is 12.8 Å². The van der Waals surface area contributed by atoms with Crippen molar-refractivity contribution in [2.75, 3.05) is 36.5 Å². The average molecular weight is 264 g/mol. The molecule has 19 heavy (non-hydrogen) atoms. The molecule has 6 nitrogen and oxygen atoms in total. The second kappa shape index (κ2) is 5.86. The SMILES string of the molecule is CC(CN(C)c1cc(N2CCCC2)ncn1)C(=O)O. The number of aromatic nitrogens is 2. The predicted molar refractivity (Wildman–Crippen MR) is 73.5 cm³/mol. The standard InChI is InChI=1S/C13H20N4O2/c1-10(13(18)19)8-16(2)11-7-12(15-9-14-11)17-5-3-4-6-17/h7,9-10H,3-6,8H2,1-2H3,(H,18,19). The minimum absolute atomic E-state index is 0.421. The van der Waals surface area contributed by atoms with E-state index in [1.807, 2.05) is 18.0 Å². The lowest BCUT2D eigenvalue weighted by Gasteiger charge is -2.22. The summed E-state index contributed by atoms with van der Waals surface area (Å²) in [6, 6.07) is 1.93. The molecule has 1 unspecified atom stereocenters. The normalized spacial score (nSPS) is 16.4. The molecule has 1 aliphatic heterocycles. The van der Waals surface area contributed by atoms with Crippen LogP contribution in [0.1, 0.15) is 19.8 Å². The Morgan fingerprint density at radius 2 is 2.16 bits per heavy atom. The van der Waals surface area contributed by atoms with Crippen molar-refractivity contribution in [1.82, 2.24) is 9.97 Å². The van der Waals surface area contributed by atoms with Crippen LogP contribution in [0.25, 0.3) is 0 Å². The average Bonchev–Trinajstić information content (AvgIpc) is 2.92. The van der Waals surface area contributed by atoms with Crippen molar-refractivity contribution < 1.29 is 9.90 Å². The van der Waals surface area contributed by atoms with E-state index in [-0.39, 0.29) is 0 Å². The van der Waals surface area contributed by atoms with Gasteiger partial charge in [-0.3, -0.25) is 4.79 Å². The Bertz CT molecular complexity index is 446. The second-order valence-corrected chi connectivity index (χ2v) is 5.05. The third kappa shape index (κ3) is 3.33. The Labute approximate surface area is 113 Å². The van der Waals surface area contributed by atoms with Crippen LogP contribution < -0.4 is 9.80 Å². The highest BCUT2D eigenvalue weighted by molar-refractivity contribution is 5.70. The van der Waals surface area contributed by atoms with Crippen molar-refractivity contribution >= 4 is 17.6 Å². The first kappa shape index (κ1) is 13.6. The van der Waals surface area contributed by atoms with Crippen LogP contribution in [0.15, 0.2) is 12.4 Å². The second-order valence-electron chi connectivity index (χ2n) is 5.05. The van der Waals surface area contributed by atoms with E-state index in [0.29, 0.717) is 6.54 Å². The van der Waals surface area contributed by atoms with Crippen LogP contribution in [-0.4, -0.2) is 47.7 Å². The maximum atomic E-state index is 10.9. The molecular formula is C13H20N4O2. The van der Waals surface area contributed by atoms with Gasteiger partial charge in [-0.1, -0.05) is 6.92 Å². The van der Waals surface area contributed by atoms with Gasteiger partial charge in [-0.15, -0.1) is 0 Å². The molecule has 1 aromatic rings. The molecule has 1 aliphatic rings. The first-order chi connectivity index (χ1) is 9.08. The Morgan fingerprint density at radius 3 is 2.79 bits per heavy atom. The van der Waals surface area contributed by atoms with Crippen molar-refractivity contribution in [3.63, 3.8) is 0 Å². The summed E-state index contributed by atoms with van der Waals surface area (Å²) in [6.45, 7) is 4.20. The minimum Gasteiger partial charge on any atom is -0.481 e. The number of rotatable bonds is 5. The number of hydrogen-bond donors (Lipinski definition) is 1. The van der Waals surface area contributed by atoms with Crippen molar-refractivity contribution in [1.29, 1.82) is 0 Å². The van der Waals surface area contributed by atoms with E-state index in [1.54, 1.807) is 13.3 Å². The molecule has 6 heteroatoms. The summed E-state index contributed by atoms with van der Waals surface area (Å²) in [6.07, 6.45) is 3.95. The monoisotopic (exact) mass is 264 g/mol. The molecule has 0 amide bonds. The van der Waals surface area contributed by atoms with Crippen LogP contribution in [0.2, 0.25) is 0 Å². The van der Waals surface area contributed by atoms with Crippen LogP contribution in [0, 0.1) is 5.92 Å². The summed E-state index contributed by atoms with van der Waals surface area (Å²) in [5.41, 5.74) is 0. The summed E-state index contributed by atoms with van der Waals surface area (Å²) in [7, 11) is 1.86. The largest absolute Gasteiger partial charge is 0.481 e. The zero-order valence-corrected chi connectivity index (χ0v) is 11.4.